The summed E-state index contributed by atoms with van der Waals surface area (Å²) in [5.41, 5.74) is 11.4. The molecule has 1 N–H and O–H groups in total. The lowest BCUT2D eigenvalue weighted by molar-refractivity contribution is -0.133. The zero-order valence-electron chi connectivity index (χ0n) is 72.0. The molecule has 5 nitrogen and oxygen atoms in total. The van der Waals surface area contributed by atoms with Gasteiger partial charge in [0.25, 0.3) is 5.91 Å². The molecule has 3 amide bonds. The molecule has 29 aromatic carbocycles. The summed E-state index contributed by atoms with van der Waals surface area (Å²) < 4.78 is 0. The minimum absolute atomic E-state index is 0.00385. The van der Waals surface area contributed by atoms with Crippen molar-refractivity contribution in [2.24, 2.45) is 4.99 Å². The predicted octanol–water partition coefficient (Wildman–Crippen LogP) is 33.8. The van der Waals surface area contributed by atoms with Gasteiger partial charge in [-0.1, -0.05) is 233 Å². The van der Waals surface area contributed by atoms with E-state index in [1.165, 1.54) is 265 Å². The predicted molar refractivity (Wildman–Crippen MR) is 526 cm³/mol. The third-order valence-corrected chi connectivity index (χ3v) is 39.1. The highest BCUT2D eigenvalue weighted by Gasteiger charge is 2.78. The number of carbonyl (C=O) groups is 2. The van der Waals surface area contributed by atoms with Crippen LogP contribution in [0.4, 0.5) is 4.79 Å². The van der Waals surface area contributed by atoms with Gasteiger partial charge in [-0.15, -0.1) is 0 Å². The first-order valence-electron chi connectivity index (χ1n) is 51.2. The molecule has 600 valence electrons. The molecule has 0 aromatic heterocycles. The van der Waals surface area contributed by atoms with E-state index in [0.717, 1.165) is 77.0 Å². The molecule has 1 aliphatic heterocycles. The van der Waals surface area contributed by atoms with Crippen LogP contribution in [0.1, 0.15) is 322 Å². The number of aliphatic imine (C=N–C) groups is 1. The number of nitrogens with one attached hydrogen (secondary N) is 1. The van der Waals surface area contributed by atoms with Crippen molar-refractivity contribution in [2.45, 2.75) is 326 Å². The van der Waals surface area contributed by atoms with Crippen LogP contribution in [0.25, 0.3) is 291 Å². The van der Waals surface area contributed by atoms with Crippen LogP contribution in [-0.2, 0) is 34.9 Å². The maximum atomic E-state index is 19.3. The highest BCUT2D eigenvalue weighted by atomic mass is 16.2. The summed E-state index contributed by atoms with van der Waals surface area (Å²) in [5, 5.41) is 88.9. The van der Waals surface area contributed by atoms with Gasteiger partial charge >= 0.3 is 6.03 Å². The lowest BCUT2D eigenvalue weighted by Crippen LogP contribution is -2.63. The Hall–Kier alpha value is -9.71. The van der Waals surface area contributed by atoms with Gasteiger partial charge in [0.05, 0.1) is 16.5 Å². The van der Waals surface area contributed by atoms with Gasteiger partial charge in [0.15, 0.2) is 0 Å². The molecule has 7 aliphatic rings. The van der Waals surface area contributed by atoms with Crippen molar-refractivity contribution in [3.8, 4) is 0 Å². The smallest absolute Gasteiger partial charge is 0.324 e. The maximum absolute atomic E-state index is 19.3. The van der Waals surface area contributed by atoms with Crippen molar-refractivity contribution in [3.05, 3.63) is 56.6 Å². The molecule has 123 heavy (non-hydrogen) atoms. The van der Waals surface area contributed by atoms with E-state index < -0.39 is 16.9 Å². The van der Waals surface area contributed by atoms with E-state index >= 15 is 9.59 Å². The number of amides is 3. The minimum atomic E-state index is -1.05. The monoisotopic (exact) mass is 1590 g/mol. The Labute approximate surface area is 711 Å². The SMILES string of the molecule is CCCCCCCCCCCCc1cc(C2=NC(C(=O)N(C(=O)NC3CCCCC3)C3CCCCC3)C34c5c6c7c8c9c%10c(c%11c%12c3c3c5c5c%13c6c6c7c7c9c9c%14c%10c%10c%11c%11c%12c%12c3c3c5c5c%13c%13c6c6c7c9c7c9c%14c%10c%10c%11c%11c%12c3c3c5c5c%13c6c7c6c9c%10c%11c3c56)C284)cc(CCCCCCCCCCCC)c1CCCCCCCCCCCC. The van der Waals surface area contributed by atoms with Gasteiger partial charge in [-0.2, -0.15) is 0 Å². The van der Waals surface area contributed by atoms with Gasteiger partial charge in [-0.3, -0.25) is 14.7 Å². The topological polar surface area (TPSA) is 61.8 Å². The van der Waals surface area contributed by atoms with Crippen LogP contribution in [0.2, 0.25) is 0 Å². The first-order valence-corrected chi connectivity index (χ1v) is 51.2. The number of benzene rings is 19. The van der Waals surface area contributed by atoms with E-state index in [1.807, 2.05) is 4.90 Å². The zero-order valence-corrected chi connectivity index (χ0v) is 72.0. The number of rotatable bonds is 37. The van der Waals surface area contributed by atoms with Crippen molar-refractivity contribution in [1.29, 1.82) is 0 Å². The van der Waals surface area contributed by atoms with E-state index in [2.05, 4.69) is 38.2 Å². The second-order valence-corrected chi connectivity index (χ2v) is 44.0. The van der Waals surface area contributed by atoms with E-state index in [1.54, 1.807) is 276 Å². The highest BCUT2D eigenvalue weighted by Crippen LogP contribution is 2.86. The fourth-order valence-corrected chi connectivity index (χ4v) is 35.6. The highest BCUT2D eigenvalue weighted by molar-refractivity contribution is 6.82. The van der Waals surface area contributed by atoms with Crippen molar-refractivity contribution in [3.63, 3.8) is 0 Å². The quantitative estimate of drug-likeness (QED) is 0.0312. The van der Waals surface area contributed by atoms with Crippen molar-refractivity contribution < 1.29 is 9.59 Å². The number of unbranched alkanes of at least 4 members (excludes halogenated alkanes) is 27. The summed E-state index contributed by atoms with van der Waals surface area (Å²) in [6.07, 6.45) is 53.6. The standard InChI is InChI=1S/C118H101N3O2/c1-4-7-10-13-16-19-22-25-28-33-40-49-47-51(48-50(41-34-29-26-23-20-17-14-11-8-5-2)54(49)46-39-30-27-24-21-18-15-12-9-6-3)113-117-109-101-93-83-73-65-57-55-56-59-63-61(57)69-77-71(63)81-75-67(59)68-60(56)64-62-58(55)66(65)74-80-70(62)78-72(64)82-76(68)86-85(75)95-89(81)99-91(77)97(87(93)79(69)73)103(109)107(99)111-105(95)106-96(86)90(82)100-92(78)98-88(80)94(84(74)83)102(101)110(117)104(98)108(100)112(106)118(111,117)114(120-113)115(122)121(53-44-37-32-38-45-53)116(123)119-52-42-35-31-36-43-52/h47-48,52-53,114H,4-46H2,1-3H3,(H,119,123). The number of urea groups is 1. The van der Waals surface area contributed by atoms with Crippen LogP contribution in [-0.4, -0.2) is 40.7 Å². The maximum Gasteiger partial charge on any atom is 0.324 e. The average molecular weight is 1590 g/mol. The van der Waals surface area contributed by atoms with Crippen molar-refractivity contribution in [2.75, 3.05) is 0 Å². The van der Waals surface area contributed by atoms with Crippen LogP contribution in [0, 0.1) is 0 Å². The van der Waals surface area contributed by atoms with Crippen LogP contribution in [0.5, 0.6) is 0 Å². The average Bonchev–Trinajstić information content (AvgIpc) is 1.38. The van der Waals surface area contributed by atoms with Crippen molar-refractivity contribution >= 4 is 309 Å². The first kappa shape index (κ1) is 65.8. The molecule has 2 saturated carbocycles. The molecule has 1 unspecified atom stereocenters. The summed E-state index contributed by atoms with van der Waals surface area (Å²) in [7, 11) is 0. The van der Waals surface area contributed by atoms with Gasteiger partial charge in [-0.05, 0) is 412 Å². The van der Waals surface area contributed by atoms with Crippen LogP contribution in [0.3, 0.4) is 0 Å². The Morgan fingerprint density at radius 3 is 0.805 bits per heavy atom. The summed E-state index contributed by atoms with van der Waals surface area (Å²) in [6, 6.07) is 4.49. The zero-order chi connectivity index (χ0) is 79.1. The lowest BCUT2D eigenvalue weighted by Gasteiger charge is -2.53. The Balaban J connectivity index is 0.696. The van der Waals surface area contributed by atoms with Gasteiger partial charge in [0.1, 0.15) is 6.04 Å². The van der Waals surface area contributed by atoms with E-state index in [4.69, 9.17) is 4.99 Å². The number of hydrogen-bond donors (Lipinski definition) is 1. The van der Waals surface area contributed by atoms with Gasteiger partial charge in [0, 0.05) is 12.1 Å². The summed E-state index contributed by atoms with van der Waals surface area (Å²) in [4.78, 5) is 45.4. The molecular weight excluding hydrogens is 1490 g/mol. The molecule has 2 fully saturated rings. The van der Waals surface area contributed by atoms with Crippen molar-refractivity contribution in [1.82, 2.24) is 10.2 Å². The molecule has 0 bridgehead atoms. The summed E-state index contributed by atoms with van der Waals surface area (Å²) >= 11 is 0. The van der Waals surface area contributed by atoms with Gasteiger partial charge in [-0.25, -0.2) is 4.79 Å². The molecule has 0 saturated heterocycles. The van der Waals surface area contributed by atoms with Crippen LogP contribution >= 0.6 is 0 Å². The first-order chi connectivity index (χ1) is 61.0. The molecule has 5 heteroatoms. The van der Waals surface area contributed by atoms with E-state index in [-0.39, 0.29) is 24.0 Å². The third kappa shape index (κ3) is 6.15. The molecule has 6 aliphatic carbocycles. The second-order valence-electron chi connectivity index (χ2n) is 44.0. The number of imide groups is 1. The molecule has 1 atom stereocenters. The van der Waals surface area contributed by atoms with Crippen LogP contribution in [0.15, 0.2) is 17.1 Å². The molecule has 36 rings (SSSR count). The number of hydrogen-bond acceptors (Lipinski definition) is 3. The molecular formula is C118H101N3O2. The Morgan fingerprint density at radius 2 is 0.528 bits per heavy atom. The largest absolute Gasteiger partial charge is 0.335 e. The Morgan fingerprint density at radius 1 is 0.293 bits per heavy atom. The normalized spacial score (nSPS) is 20.3. The van der Waals surface area contributed by atoms with Gasteiger partial charge < -0.3 is 5.32 Å². The lowest BCUT2D eigenvalue weighted by atomic mass is 9.45. The number of aryl methyl sites for hydroxylation is 2. The summed E-state index contributed by atoms with van der Waals surface area (Å²) in [6.45, 7) is 7.06. The minimum Gasteiger partial charge on any atom is -0.335 e. The molecule has 1 heterocycles. The Kier molecular flexibility index (Phi) is 11.3. The fraction of sp³-hybridized carbons (Fsp3) is 0.432. The number of carbonyl (C=O) groups excluding carboxylic acids is 2. The second kappa shape index (κ2) is 21.2. The van der Waals surface area contributed by atoms with Gasteiger partial charge in [0.2, 0.25) is 0 Å². The van der Waals surface area contributed by atoms with Crippen LogP contribution < -0.4 is 5.32 Å². The number of nitrogens with zero attached hydrogens (tertiary/aromatic N) is 2. The van der Waals surface area contributed by atoms with E-state index in [0.29, 0.717) is 0 Å². The molecule has 2 spiro atoms. The molecule has 0 radical (unpaired) electrons. The Bertz CT molecular complexity index is 8760. The fourth-order valence-electron chi connectivity index (χ4n) is 35.6. The molecule has 29 aromatic rings. The summed E-state index contributed by atoms with van der Waals surface area (Å²) in [5.74, 6) is -0.00385. The van der Waals surface area contributed by atoms with E-state index in [9.17, 15) is 0 Å². The third-order valence-electron chi connectivity index (χ3n) is 39.1.